The summed E-state index contributed by atoms with van der Waals surface area (Å²) in [5.41, 5.74) is 1.17. The van der Waals surface area contributed by atoms with Gasteiger partial charge in [-0.1, -0.05) is 13.3 Å². The van der Waals surface area contributed by atoms with Gasteiger partial charge in [0.2, 0.25) is 0 Å². The minimum absolute atomic E-state index is 0.0666. The van der Waals surface area contributed by atoms with Gasteiger partial charge in [-0.25, -0.2) is 9.78 Å². The van der Waals surface area contributed by atoms with Crippen molar-refractivity contribution in [2.75, 3.05) is 20.1 Å². The number of carbonyl (C=O) groups excluding carboxylic acids is 1. The van der Waals surface area contributed by atoms with Crippen molar-refractivity contribution in [1.29, 1.82) is 0 Å². The molecule has 2 rings (SSSR count). The highest BCUT2D eigenvalue weighted by atomic mass is 32.1. The van der Waals surface area contributed by atoms with Gasteiger partial charge in [0.1, 0.15) is 0 Å². The van der Waals surface area contributed by atoms with Gasteiger partial charge in [-0.15, -0.1) is 11.3 Å². The van der Waals surface area contributed by atoms with Gasteiger partial charge in [0.05, 0.1) is 16.8 Å². The number of thiazole rings is 1. The van der Waals surface area contributed by atoms with Crippen LogP contribution in [0, 0.1) is 12.8 Å². The Morgan fingerprint density at radius 3 is 2.86 bits per heavy atom. The Labute approximate surface area is 136 Å². The number of aliphatic hydroxyl groups excluding tert-OH is 1. The summed E-state index contributed by atoms with van der Waals surface area (Å²) in [4.78, 5) is 19.6. The smallest absolute Gasteiger partial charge is 0.317 e. The Morgan fingerprint density at radius 2 is 2.27 bits per heavy atom. The summed E-state index contributed by atoms with van der Waals surface area (Å²) in [7, 11) is 1.79. The Morgan fingerprint density at radius 1 is 1.50 bits per heavy atom. The molecule has 1 heterocycles. The Bertz CT molecular complexity index is 504. The standard InChI is InChI=1S/C16H27N3O2S/c1-4-13-11(2)22-15(18-13)8-9-17-16(21)19(3)10-12-6-5-7-14(12)20/h12,14,20H,4-10H2,1-3H3,(H,17,21). The number of nitrogens with zero attached hydrogens (tertiary/aromatic N) is 2. The molecule has 0 aliphatic heterocycles. The van der Waals surface area contributed by atoms with Crippen LogP contribution >= 0.6 is 11.3 Å². The molecule has 1 fully saturated rings. The molecule has 6 heteroatoms. The van der Waals surface area contributed by atoms with Gasteiger partial charge in [0.25, 0.3) is 0 Å². The second kappa shape index (κ2) is 7.92. The van der Waals surface area contributed by atoms with Crippen molar-refractivity contribution in [3.05, 3.63) is 15.6 Å². The molecular weight excluding hydrogens is 298 g/mol. The number of hydrogen-bond acceptors (Lipinski definition) is 4. The predicted octanol–water partition coefficient (Wildman–Crippen LogP) is 2.36. The highest BCUT2D eigenvalue weighted by Crippen LogP contribution is 2.25. The fourth-order valence-electron chi connectivity index (χ4n) is 3.00. The molecule has 124 valence electrons. The normalized spacial score (nSPS) is 21.1. The van der Waals surface area contributed by atoms with Crippen LogP contribution in [-0.4, -0.2) is 47.3 Å². The highest BCUT2D eigenvalue weighted by molar-refractivity contribution is 7.11. The van der Waals surface area contributed by atoms with E-state index in [0.717, 1.165) is 37.1 Å². The summed E-state index contributed by atoms with van der Waals surface area (Å²) in [6.07, 6.45) is 4.42. The third kappa shape index (κ3) is 4.43. The molecule has 2 N–H and O–H groups in total. The average molecular weight is 325 g/mol. The van der Waals surface area contributed by atoms with Gasteiger partial charge < -0.3 is 15.3 Å². The lowest BCUT2D eigenvalue weighted by Gasteiger charge is -2.23. The first-order chi connectivity index (χ1) is 10.5. The van der Waals surface area contributed by atoms with Crippen LogP contribution in [0.2, 0.25) is 0 Å². The second-order valence-corrected chi connectivity index (χ2v) is 7.37. The van der Waals surface area contributed by atoms with Crippen molar-refractivity contribution >= 4 is 17.4 Å². The first-order valence-corrected chi connectivity index (χ1v) is 8.95. The number of aryl methyl sites for hydroxylation is 2. The monoisotopic (exact) mass is 325 g/mol. The first kappa shape index (κ1) is 17.2. The Kier molecular flexibility index (Phi) is 6.20. The molecule has 1 aromatic rings. The topological polar surface area (TPSA) is 65.5 Å². The van der Waals surface area contributed by atoms with Crippen LogP contribution < -0.4 is 5.32 Å². The summed E-state index contributed by atoms with van der Waals surface area (Å²) >= 11 is 1.72. The fourth-order valence-corrected chi connectivity index (χ4v) is 4.02. The number of aromatic nitrogens is 1. The van der Waals surface area contributed by atoms with Gasteiger partial charge in [-0.3, -0.25) is 0 Å². The van der Waals surface area contributed by atoms with E-state index in [1.807, 2.05) is 0 Å². The second-order valence-electron chi connectivity index (χ2n) is 6.08. The lowest BCUT2D eigenvalue weighted by Crippen LogP contribution is -2.41. The van der Waals surface area contributed by atoms with Crippen LogP contribution in [0.4, 0.5) is 4.79 Å². The van der Waals surface area contributed by atoms with E-state index < -0.39 is 0 Å². The van der Waals surface area contributed by atoms with Crippen molar-refractivity contribution < 1.29 is 9.90 Å². The summed E-state index contributed by atoms with van der Waals surface area (Å²) < 4.78 is 0. The van der Waals surface area contributed by atoms with Crippen molar-refractivity contribution in [3.8, 4) is 0 Å². The SMILES string of the molecule is CCc1nc(CCNC(=O)N(C)CC2CCCC2O)sc1C. The molecule has 0 spiro atoms. The first-order valence-electron chi connectivity index (χ1n) is 8.13. The van der Waals surface area contributed by atoms with E-state index in [1.165, 1.54) is 10.6 Å². The molecule has 2 atom stereocenters. The summed E-state index contributed by atoms with van der Waals surface area (Å²) in [6, 6.07) is -0.0666. The highest BCUT2D eigenvalue weighted by Gasteiger charge is 2.27. The zero-order valence-electron chi connectivity index (χ0n) is 13.8. The number of aliphatic hydroxyl groups is 1. The fraction of sp³-hybridized carbons (Fsp3) is 0.750. The Hall–Kier alpha value is -1.14. The molecule has 1 aliphatic rings. The van der Waals surface area contributed by atoms with Crippen molar-refractivity contribution in [2.24, 2.45) is 5.92 Å². The van der Waals surface area contributed by atoms with E-state index in [0.29, 0.717) is 13.1 Å². The van der Waals surface area contributed by atoms with E-state index in [-0.39, 0.29) is 18.1 Å². The van der Waals surface area contributed by atoms with Crippen molar-refractivity contribution in [2.45, 2.75) is 52.1 Å². The summed E-state index contributed by atoms with van der Waals surface area (Å²) in [5.74, 6) is 0.226. The number of carbonyl (C=O) groups is 1. The van der Waals surface area contributed by atoms with E-state index in [9.17, 15) is 9.90 Å². The number of rotatable bonds is 6. The molecule has 1 aromatic heterocycles. The predicted molar refractivity (Wildman–Crippen MR) is 89.3 cm³/mol. The number of nitrogens with one attached hydrogen (secondary N) is 1. The number of urea groups is 1. The van der Waals surface area contributed by atoms with Crippen LogP contribution in [0.1, 0.15) is 41.8 Å². The maximum absolute atomic E-state index is 12.1. The largest absolute Gasteiger partial charge is 0.393 e. The van der Waals surface area contributed by atoms with Gasteiger partial charge in [0, 0.05) is 37.4 Å². The minimum Gasteiger partial charge on any atom is -0.393 e. The van der Waals surface area contributed by atoms with Crippen LogP contribution in [0.25, 0.3) is 0 Å². The van der Waals surface area contributed by atoms with Crippen LogP contribution in [0.15, 0.2) is 0 Å². The van der Waals surface area contributed by atoms with E-state index in [2.05, 4.69) is 24.1 Å². The van der Waals surface area contributed by atoms with Crippen molar-refractivity contribution in [3.63, 3.8) is 0 Å². The van der Waals surface area contributed by atoms with E-state index >= 15 is 0 Å². The number of amides is 2. The van der Waals surface area contributed by atoms with Gasteiger partial charge >= 0.3 is 6.03 Å². The quantitative estimate of drug-likeness (QED) is 0.844. The van der Waals surface area contributed by atoms with E-state index in [1.54, 1.807) is 23.3 Å². The van der Waals surface area contributed by atoms with Gasteiger partial charge in [-0.05, 0) is 26.2 Å². The van der Waals surface area contributed by atoms with Gasteiger partial charge in [0.15, 0.2) is 0 Å². The van der Waals surface area contributed by atoms with Crippen LogP contribution in [-0.2, 0) is 12.8 Å². The minimum atomic E-state index is -0.249. The molecule has 0 aromatic carbocycles. The average Bonchev–Trinajstić information content (AvgIpc) is 3.05. The Balaban J connectivity index is 1.72. The molecule has 22 heavy (non-hydrogen) atoms. The van der Waals surface area contributed by atoms with Crippen molar-refractivity contribution in [1.82, 2.24) is 15.2 Å². The molecule has 1 aliphatic carbocycles. The molecule has 1 saturated carbocycles. The molecule has 0 saturated heterocycles. The summed E-state index contributed by atoms with van der Waals surface area (Å²) in [6.45, 7) is 5.44. The maximum Gasteiger partial charge on any atom is 0.317 e. The molecule has 0 bridgehead atoms. The van der Waals surface area contributed by atoms with Gasteiger partial charge in [-0.2, -0.15) is 0 Å². The van der Waals surface area contributed by atoms with Crippen LogP contribution in [0.3, 0.4) is 0 Å². The third-order valence-electron chi connectivity index (χ3n) is 4.36. The zero-order chi connectivity index (χ0) is 16.1. The maximum atomic E-state index is 12.1. The van der Waals surface area contributed by atoms with E-state index in [4.69, 9.17) is 0 Å². The number of hydrogen-bond donors (Lipinski definition) is 2. The summed E-state index contributed by atoms with van der Waals surface area (Å²) in [5, 5.41) is 13.9. The zero-order valence-corrected chi connectivity index (χ0v) is 14.6. The van der Waals surface area contributed by atoms with Crippen LogP contribution in [0.5, 0.6) is 0 Å². The molecular formula is C16H27N3O2S. The lowest BCUT2D eigenvalue weighted by atomic mass is 10.1. The molecule has 2 unspecified atom stereocenters. The third-order valence-corrected chi connectivity index (χ3v) is 5.43. The molecule has 5 nitrogen and oxygen atoms in total. The molecule has 2 amide bonds. The molecule has 0 radical (unpaired) electrons. The lowest BCUT2D eigenvalue weighted by molar-refractivity contribution is 0.114.